The predicted octanol–water partition coefficient (Wildman–Crippen LogP) is 3.79. The van der Waals surface area contributed by atoms with Crippen molar-refractivity contribution in [1.29, 1.82) is 0 Å². The number of nitro benzene ring substituents is 1. The van der Waals surface area contributed by atoms with Crippen molar-refractivity contribution in [3.63, 3.8) is 0 Å². The molecule has 0 fully saturated rings. The van der Waals surface area contributed by atoms with E-state index in [-0.39, 0.29) is 30.4 Å². The van der Waals surface area contributed by atoms with Crippen LogP contribution in [0.4, 0.5) is 5.69 Å². The second-order valence-corrected chi connectivity index (χ2v) is 5.52. The maximum absolute atomic E-state index is 11.7. The summed E-state index contributed by atoms with van der Waals surface area (Å²) in [6, 6.07) is 5.33. The third-order valence-electron chi connectivity index (χ3n) is 3.34. The predicted molar refractivity (Wildman–Crippen MR) is 87.7 cm³/mol. The van der Waals surface area contributed by atoms with E-state index in [0.717, 1.165) is 31.7 Å². The Balaban J connectivity index is 2.34. The average molecular weight is 337 g/mol. The van der Waals surface area contributed by atoms with Gasteiger partial charge in [0.2, 0.25) is 0 Å². The van der Waals surface area contributed by atoms with Gasteiger partial charge in [-0.05, 0) is 25.8 Å². The van der Waals surface area contributed by atoms with E-state index in [1.54, 1.807) is 0 Å². The molecule has 132 valence electrons. The van der Waals surface area contributed by atoms with E-state index in [2.05, 4.69) is 6.92 Å². The van der Waals surface area contributed by atoms with Crippen molar-refractivity contribution in [2.45, 2.75) is 58.5 Å². The number of hydrogen-bond donors (Lipinski definition) is 0. The van der Waals surface area contributed by atoms with Crippen molar-refractivity contribution in [3.8, 4) is 5.75 Å². The van der Waals surface area contributed by atoms with Crippen LogP contribution < -0.4 is 4.74 Å². The Kier molecular flexibility index (Phi) is 8.46. The Morgan fingerprint density at radius 3 is 2.58 bits per heavy atom. The highest BCUT2D eigenvalue weighted by Gasteiger charge is 2.14. The summed E-state index contributed by atoms with van der Waals surface area (Å²) in [6.45, 7) is 3.93. The largest absolute Gasteiger partial charge is 0.463 e. The van der Waals surface area contributed by atoms with Crippen LogP contribution in [0.5, 0.6) is 5.75 Å². The van der Waals surface area contributed by atoms with E-state index in [9.17, 15) is 19.7 Å². The van der Waals surface area contributed by atoms with Gasteiger partial charge >= 0.3 is 11.9 Å². The SMILES string of the molecule is CCCCCC(C)OC(=O)CCC(=O)Oc1cccc([N+](=O)[O-])c1. The molecule has 1 rings (SSSR count). The topological polar surface area (TPSA) is 95.7 Å². The first kappa shape index (κ1) is 19.6. The zero-order chi connectivity index (χ0) is 17.9. The van der Waals surface area contributed by atoms with Gasteiger partial charge in [0.15, 0.2) is 0 Å². The molecule has 1 atom stereocenters. The Morgan fingerprint density at radius 2 is 1.92 bits per heavy atom. The van der Waals surface area contributed by atoms with Gasteiger partial charge in [0.05, 0.1) is 29.9 Å². The summed E-state index contributed by atoms with van der Waals surface area (Å²) in [5.41, 5.74) is -0.166. The fourth-order valence-electron chi connectivity index (χ4n) is 2.07. The molecule has 0 aliphatic carbocycles. The fraction of sp³-hybridized carbons (Fsp3) is 0.529. The molecular weight excluding hydrogens is 314 g/mol. The maximum Gasteiger partial charge on any atom is 0.311 e. The van der Waals surface area contributed by atoms with Gasteiger partial charge in [0.1, 0.15) is 5.75 Å². The van der Waals surface area contributed by atoms with Crippen LogP contribution in [0, 0.1) is 10.1 Å². The minimum atomic E-state index is -0.633. The molecule has 0 N–H and O–H groups in total. The number of nitrogens with zero attached hydrogens (tertiary/aromatic N) is 1. The van der Waals surface area contributed by atoms with E-state index in [1.807, 2.05) is 6.92 Å². The number of benzene rings is 1. The van der Waals surface area contributed by atoms with Crippen LogP contribution in [-0.2, 0) is 14.3 Å². The molecule has 0 heterocycles. The second kappa shape index (κ2) is 10.4. The van der Waals surface area contributed by atoms with Gasteiger partial charge in [0.25, 0.3) is 5.69 Å². The van der Waals surface area contributed by atoms with Gasteiger partial charge in [-0.25, -0.2) is 0 Å². The number of carbonyl (C=O) groups is 2. The molecule has 0 amide bonds. The zero-order valence-corrected chi connectivity index (χ0v) is 14.0. The monoisotopic (exact) mass is 337 g/mol. The molecule has 0 aliphatic heterocycles. The van der Waals surface area contributed by atoms with Crippen molar-refractivity contribution in [2.75, 3.05) is 0 Å². The lowest BCUT2D eigenvalue weighted by molar-refractivity contribution is -0.384. The molecule has 0 aliphatic rings. The first-order chi connectivity index (χ1) is 11.4. The molecule has 0 spiro atoms. The van der Waals surface area contributed by atoms with E-state index in [1.165, 1.54) is 18.2 Å². The summed E-state index contributed by atoms with van der Waals surface area (Å²) in [6.07, 6.45) is 3.62. The molecule has 0 saturated heterocycles. The molecule has 7 heteroatoms. The first-order valence-corrected chi connectivity index (χ1v) is 8.07. The normalized spacial score (nSPS) is 11.6. The summed E-state index contributed by atoms with van der Waals surface area (Å²) in [7, 11) is 0. The highest BCUT2D eigenvalue weighted by Crippen LogP contribution is 2.19. The van der Waals surface area contributed by atoms with Gasteiger partial charge in [0, 0.05) is 6.07 Å². The lowest BCUT2D eigenvalue weighted by Crippen LogP contribution is -2.17. The van der Waals surface area contributed by atoms with Crippen LogP contribution in [0.25, 0.3) is 0 Å². The molecular formula is C17H23NO6. The molecule has 7 nitrogen and oxygen atoms in total. The summed E-state index contributed by atoms with van der Waals surface area (Å²) in [5, 5.41) is 10.7. The average Bonchev–Trinajstić information content (AvgIpc) is 2.53. The van der Waals surface area contributed by atoms with Gasteiger partial charge in [-0.15, -0.1) is 0 Å². The smallest absolute Gasteiger partial charge is 0.311 e. The third kappa shape index (κ3) is 7.71. The van der Waals surface area contributed by atoms with Crippen molar-refractivity contribution in [2.24, 2.45) is 0 Å². The Hall–Kier alpha value is -2.44. The van der Waals surface area contributed by atoms with Crippen LogP contribution in [0.3, 0.4) is 0 Å². The van der Waals surface area contributed by atoms with Crippen molar-refractivity contribution in [3.05, 3.63) is 34.4 Å². The van der Waals surface area contributed by atoms with Crippen molar-refractivity contribution < 1.29 is 24.0 Å². The van der Waals surface area contributed by atoms with Crippen LogP contribution >= 0.6 is 0 Å². The molecule has 0 bridgehead atoms. The van der Waals surface area contributed by atoms with Crippen molar-refractivity contribution >= 4 is 17.6 Å². The number of ether oxygens (including phenoxy) is 2. The van der Waals surface area contributed by atoms with E-state index >= 15 is 0 Å². The number of rotatable bonds is 10. The van der Waals surface area contributed by atoms with E-state index in [4.69, 9.17) is 9.47 Å². The van der Waals surface area contributed by atoms with E-state index < -0.39 is 16.9 Å². The second-order valence-electron chi connectivity index (χ2n) is 5.52. The highest BCUT2D eigenvalue weighted by molar-refractivity contribution is 5.79. The number of esters is 2. The molecule has 1 aromatic carbocycles. The standard InChI is InChI=1S/C17H23NO6/c1-3-4-5-7-13(2)23-16(19)10-11-17(20)24-15-9-6-8-14(12-15)18(21)22/h6,8-9,12-13H,3-5,7,10-11H2,1-2H3. The number of unbranched alkanes of at least 4 members (excludes halogenated alkanes) is 2. The zero-order valence-electron chi connectivity index (χ0n) is 14.0. The Bertz CT molecular complexity index is 572. The number of hydrogen-bond acceptors (Lipinski definition) is 6. The molecule has 0 aromatic heterocycles. The Labute approximate surface area is 141 Å². The lowest BCUT2D eigenvalue weighted by Gasteiger charge is -2.12. The molecule has 24 heavy (non-hydrogen) atoms. The highest BCUT2D eigenvalue weighted by atomic mass is 16.6. The quantitative estimate of drug-likeness (QED) is 0.212. The number of nitro groups is 1. The molecule has 1 aromatic rings. The van der Waals surface area contributed by atoms with Crippen LogP contribution in [0.15, 0.2) is 24.3 Å². The minimum Gasteiger partial charge on any atom is -0.463 e. The van der Waals surface area contributed by atoms with Crippen molar-refractivity contribution in [1.82, 2.24) is 0 Å². The molecule has 0 radical (unpaired) electrons. The van der Waals surface area contributed by atoms with Crippen LogP contribution in [-0.4, -0.2) is 23.0 Å². The van der Waals surface area contributed by atoms with Gasteiger partial charge in [-0.2, -0.15) is 0 Å². The molecule has 0 saturated carbocycles. The minimum absolute atomic E-state index is 0.0775. The summed E-state index contributed by atoms with van der Waals surface area (Å²) in [5.74, 6) is -1.00. The van der Waals surface area contributed by atoms with Gasteiger partial charge in [-0.3, -0.25) is 19.7 Å². The summed E-state index contributed by atoms with van der Waals surface area (Å²) < 4.78 is 10.2. The maximum atomic E-state index is 11.7. The van der Waals surface area contributed by atoms with Gasteiger partial charge in [-0.1, -0.05) is 25.8 Å². The lowest BCUT2D eigenvalue weighted by atomic mass is 10.1. The van der Waals surface area contributed by atoms with Gasteiger partial charge < -0.3 is 9.47 Å². The van der Waals surface area contributed by atoms with Crippen LogP contribution in [0.1, 0.15) is 52.4 Å². The third-order valence-corrected chi connectivity index (χ3v) is 3.34. The number of non-ortho nitro benzene ring substituents is 1. The summed E-state index contributed by atoms with van der Waals surface area (Å²) >= 11 is 0. The number of carbonyl (C=O) groups excluding carboxylic acids is 2. The first-order valence-electron chi connectivity index (χ1n) is 8.07. The summed E-state index contributed by atoms with van der Waals surface area (Å²) in [4.78, 5) is 33.4. The Morgan fingerprint density at radius 1 is 1.21 bits per heavy atom. The van der Waals surface area contributed by atoms with Crippen LogP contribution in [0.2, 0.25) is 0 Å². The fourth-order valence-corrected chi connectivity index (χ4v) is 2.07. The van der Waals surface area contributed by atoms with E-state index in [0.29, 0.717) is 0 Å². The molecule has 1 unspecified atom stereocenters.